The van der Waals surface area contributed by atoms with Crippen molar-refractivity contribution in [1.82, 2.24) is 21.3 Å². The van der Waals surface area contributed by atoms with Gasteiger partial charge in [-0.1, -0.05) is 26.0 Å². The lowest BCUT2D eigenvalue weighted by Crippen LogP contribution is -2.51. The van der Waals surface area contributed by atoms with Crippen LogP contribution in [0.4, 0.5) is 0 Å². The quantitative estimate of drug-likeness (QED) is 0.545. The van der Waals surface area contributed by atoms with Gasteiger partial charge in [0.25, 0.3) is 5.91 Å². The van der Waals surface area contributed by atoms with Crippen molar-refractivity contribution in [2.45, 2.75) is 51.6 Å². The Labute approximate surface area is 188 Å². The van der Waals surface area contributed by atoms with E-state index in [-0.39, 0.29) is 55.2 Å². The van der Waals surface area contributed by atoms with Crippen LogP contribution in [0, 0.1) is 11.8 Å². The normalized spacial score (nSPS) is 22.9. The van der Waals surface area contributed by atoms with Gasteiger partial charge < -0.3 is 26.0 Å². The molecule has 9 nitrogen and oxygen atoms in total. The van der Waals surface area contributed by atoms with E-state index in [4.69, 9.17) is 4.74 Å². The van der Waals surface area contributed by atoms with Crippen LogP contribution >= 0.6 is 0 Å². The summed E-state index contributed by atoms with van der Waals surface area (Å²) in [7, 11) is 0. The summed E-state index contributed by atoms with van der Waals surface area (Å²) in [4.78, 5) is 50.8. The van der Waals surface area contributed by atoms with E-state index in [0.717, 1.165) is 12.8 Å². The van der Waals surface area contributed by atoms with E-state index >= 15 is 0 Å². The van der Waals surface area contributed by atoms with Crippen molar-refractivity contribution < 1.29 is 23.9 Å². The van der Waals surface area contributed by atoms with Crippen LogP contribution in [0.15, 0.2) is 24.3 Å². The molecule has 1 aliphatic heterocycles. The number of ether oxygens (including phenoxy) is 1. The Morgan fingerprint density at radius 2 is 1.88 bits per heavy atom. The number of hydrogen-bond acceptors (Lipinski definition) is 5. The largest absolute Gasteiger partial charge is 0.491 e. The molecule has 1 fully saturated rings. The maximum Gasteiger partial charge on any atom is 0.255 e. The van der Waals surface area contributed by atoms with Crippen molar-refractivity contribution in [1.29, 1.82) is 0 Å². The fourth-order valence-corrected chi connectivity index (χ4v) is 3.48. The van der Waals surface area contributed by atoms with E-state index in [9.17, 15) is 19.2 Å². The molecule has 4 amide bonds. The molecule has 1 aromatic rings. The zero-order valence-electron chi connectivity index (χ0n) is 18.6. The first-order valence-corrected chi connectivity index (χ1v) is 11.2. The van der Waals surface area contributed by atoms with Gasteiger partial charge in [-0.2, -0.15) is 0 Å². The molecular weight excluding hydrogens is 412 g/mol. The van der Waals surface area contributed by atoms with Gasteiger partial charge in [-0.05, 0) is 43.2 Å². The second kappa shape index (κ2) is 11.0. The molecule has 0 bridgehead atoms. The summed E-state index contributed by atoms with van der Waals surface area (Å²) in [6, 6.07) is 5.16. The fraction of sp³-hybridized carbons (Fsp3) is 0.565. The number of amides is 4. The van der Waals surface area contributed by atoms with Gasteiger partial charge in [-0.3, -0.25) is 19.2 Å². The van der Waals surface area contributed by atoms with Gasteiger partial charge in [-0.15, -0.1) is 0 Å². The molecule has 1 aliphatic carbocycles. The maximum atomic E-state index is 12.9. The zero-order chi connectivity index (χ0) is 23.1. The summed E-state index contributed by atoms with van der Waals surface area (Å²) < 4.78 is 5.72. The van der Waals surface area contributed by atoms with Gasteiger partial charge in [0, 0.05) is 13.0 Å². The number of nitrogens with one attached hydrogen (secondary N) is 4. The Morgan fingerprint density at radius 1 is 1.12 bits per heavy atom. The molecule has 0 radical (unpaired) electrons. The summed E-state index contributed by atoms with van der Waals surface area (Å²) >= 11 is 0. The molecule has 1 heterocycles. The minimum Gasteiger partial charge on any atom is -0.491 e. The van der Waals surface area contributed by atoms with Crippen LogP contribution in [0.3, 0.4) is 0 Å². The van der Waals surface area contributed by atoms with Gasteiger partial charge in [-0.25, -0.2) is 0 Å². The molecule has 1 aromatic carbocycles. The molecule has 4 N–H and O–H groups in total. The van der Waals surface area contributed by atoms with Gasteiger partial charge in [0.1, 0.15) is 24.4 Å². The number of para-hydroxylation sites is 1. The summed E-state index contributed by atoms with van der Waals surface area (Å²) in [5.41, 5.74) is 0.290. The van der Waals surface area contributed by atoms with Crippen molar-refractivity contribution in [2.24, 2.45) is 11.8 Å². The highest BCUT2D eigenvalue weighted by atomic mass is 16.5. The predicted molar refractivity (Wildman–Crippen MR) is 118 cm³/mol. The number of benzene rings is 1. The van der Waals surface area contributed by atoms with E-state index in [0.29, 0.717) is 18.2 Å². The second-order valence-electron chi connectivity index (χ2n) is 8.68. The third-order valence-corrected chi connectivity index (χ3v) is 5.60. The van der Waals surface area contributed by atoms with Crippen LogP contribution in [-0.2, 0) is 14.4 Å². The monoisotopic (exact) mass is 444 g/mol. The third kappa shape index (κ3) is 6.70. The Balaban J connectivity index is 1.80. The Morgan fingerprint density at radius 3 is 2.59 bits per heavy atom. The molecule has 0 unspecified atom stereocenters. The molecule has 1 saturated carbocycles. The maximum absolute atomic E-state index is 12.9. The van der Waals surface area contributed by atoms with E-state index in [1.165, 1.54) is 0 Å². The van der Waals surface area contributed by atoms with Gasteiger partial charge >= 0.3 is 0 Å². The number of carbonyl (C=O) groups is 4. The third-order valence-electron chi connectivity index (χ3n) is 5.60. The zero-order valence-corrected chi connectivity index (χ0v) is 18.6. The topological polar surface area (TPSA) is 126 Å². The summed E-state index contributed by atoms with van der Waals surface area (Å²) in [5.74, 6) is -0.688. The molecule has 0 spiro atoms. The van der Waals surface area contributed by atoms with E-state index in [2.05, 4.69) is 21.3 Å². The van der Waals surface area contributed by atoms with Gasteiger partial charge in [0.15, 0.2) is 0 Å². The van der Waals surface area contributed by atoms with Gasteiger partial charge in [0.05, 0.1) is 12.1 Å². The molecule has 3 rings (SSSR count). The average Bonchev–Trinajstić information content (AvgIpc) is 3.60. The minimum atomic E-state index is -0.878. The van der Waals surface area contributed by atoms with Crippen LogP contribution < -0.4 is 26.0 Å². The molecule has 0 saturated heterocycles. The standard InChI is InChI=1S/C23H32N4O5/c1-14(2)20-23(31)24-11-12-32-18-6-4-3-5-16(18)21(29)26-17(9-10-19(28)27-20)22(30)25-13-15-7-8-15/h3-6,14-15,17,20H,7-13H2,1-2H3,(H,24,31)(H,25,30)(H,26,29)(H,27,28)/t17-,20+/m0/s1. The second-order valence-corrected chi connectivity index (χ2v) is 8.68. The predicted octanol–water partition coefficient (Wildman–Crippen LogP) is 0.741. The van der Waals surface area contributed by atoms with Gasteiger partial charge in [0.2, 0.25) is 17.7 Å². The van der Waals surface area contributed by atoms with Crippen molar-refractivity contribution >= 4 is 23.6 Å². The van der Waals surface area contributed by atoms with E-state index in [1.54, 1.807) is 24.3 Å². The average molecular weight is 445 g/mol. The Bertz CT molecular complexity index is 853. The number of hydrogen-bond donors (Lipinski definition) is 4. The van der Waals surface area contributed by atoms with Crippen molar-refractivity contribution in [3.63, 3.8) is 0 Å². The molecule has 9 heteroatoms. The van der Waals surface area contributed by atoms with Crippen molar-refractivity contribution in [3.05, 3.63) is 29.8 Å². The lowest BCUT2D eigenvalue weighted by Gasteiger charge is -2.22. The van der Waals surface area contributed by atoms with E-state index in [1.807, 2.05) is 13.8 Å². The highest BCUT2D eigenvalue weighted by Crippen LogP contribution is 2.27. The fourth-order valence-electron chi connectivity index (χ4n) is 3.48. The number of fused-ring (bicyclic) bond motifs is 1. The number of rotatable bonds is 4. The Kier molecular flexibility index (Phi) is 8.08. The van der Waals surface area contributed by atoms with Crippen LogP contribution in [0.25, 0.3) is 0 Å². The molecule has 174 valence electrons. The van der Waals surface area contributed by atoms with Crippen molar-refractivity contribution in [3.8, 4) is 5.75 Å². The molecule has 2 aliphatic rings. The molecular formula is C23H32N4O5. The highest BCUT2D eigenvalue weighted by Gasteiger charge is 2.29. The molecule has 0 aromatic heterocycles. The first-order chi connectivity index (χ1) is 15.3. The minimum absolute atomic E-state index is 0.00353. The summed E-state index contributed by atoms with van der Waals surface area (Å²) in [6.45, 7) is 4.63. The SMILES string of the molecule is CC(C)[C@H]1NC(=O)CC[C@@H](C(=O)NCC2CC2)NC(=O)c2ccccc2OCCNC1=O. The van der Waals surface area contributed by atoms with Crippen LogP contribution in [0.1, 0.15) is 49.9 Å². The van der Waals surface area contributed by atoms with Crippen molar-refractivity contribution in [2.75, 3.05) is 19.7 Å². The number of carbonyl (C=O) groups excluding carboxylic acids is 4. The lowest BCUT2D eigenvalue weighted by molar-refractivity contribution is -0.130. The lowest BCUT2D eigenvalue weighted by atomic mass is 10.0. The molecule has 2 atom stereocenters. The molecule has 32 heavy (non-hydrogen) atoms. The highest BCUT2D eigenvalue weighted by molar-refractivity contribution is 5.99. The van der Waals surface area contributed by atoms with Crippen LogP contribution in [0.5, 0.6) is 5.75 Å². The first kappa shape index (κ1) is 23.6. The summed E-state index contributed by atoms with van der Waals surface area (Å²) in [5, 5.41) is 11.1. The van der Waals surface area contributed by atoms with E-state index < -0.39 is 18.0 Å². The first-order valence-electron chi connectivity index (χ1n) is 11.2. The smallest absolute Gasteiger partial charge is 0.255 e. The summed E-state index contributed by atoms with van der Waals surface area (Å²) in [6.07, 6.45) is 2.28. The van der Waals surface area contributed by atoms with Crippen LogP contribution in [0.2, 0.25) is 0 Å². The Hall–Kier alpha value is -3.10. The van der Waals surface area contributed by atoms with Crippen LogP contribution in [-0.4, -0.2) is 55.4 Å².